The Morgan fingerprint density at radius 3 is 2.56 bits per heavy atom. The molecule has 2 atom stereocenters. The third kappa shape index (κ3) is 3.28. The first-order chi connectivity index (χ1) is 8.38. The van der Waals surface area contributed by atoms with Gasteiger partial charge in [0, 0.05) is 17.4 Å². The van der Waals surface area contributed by atoms with Crippen molar-refractivity contribution in [3.05, 3.63) is 36.2 Å². The van der Waals surface area contributed by atoms with Gasteiger partial charge in [-0.25, -0.2) is 0 Å². The van der Waals surface area contributed by atoms with Crippen LogP contribution in [0.5, 0.6) is 0 Å². The van der Waals surface area contributed by atoms with Crippen LogP contribution in [0.25, 0.3) is 0 Å². The summed E-state index contributed by atoms with van der Waals surface area (Å²) in [7, 11) is 0. The van der Waals surface area contributed by atoms with E-state index in [-0.39, 0.29) is 0 Å². The first-order valence-electron chi connectivity index (χ1n) is 7.16. The van der Waals surface area contributed by atoms with Gasteiger partial charge in [0.05, 0.1) is 0 Å². The minimum atomic E-state index is 0.497. The molecule has 1 rings (SSSR count). The molecule has 0 aliphatic carbocycles. The number of likely N-dealkylation sites (tertiary alicyclic amines) is 1. The van der Waals surface area contributed by atoms with E-state index in [9.17, 15) is 0 Å². The maximum absolute atomic E-state index is 4.34. The van der Waals surface area contributed by atoms with Crippen LogP contribution in [-0.2, 0) is 0 Å². The Bertz CT molecular complexity index is 349. The van der Waals surface area contributed by atoms with Gasteiger partial charge in [0.25, 0.3) is 0 Å². The number of nitrogens with zero attached hydrogens (tertiary/aromatic N) is 1. The molecule has 0 N–H and O–H groups in total. The van der Waals surface area contributed by atoms with Crippen LogP contribution < -0.4 is 0 Å². The van der Waals surface area contributed by atoms with Gasteiger partial charge in [-0.3, -0.25) is 0 Å². The maximum atomic E-state index is 4.34. The van der Waals surface area contributed by atoms with E-state index < -0.39 is 0 Å². The summed E-state index contributed by atoms with van der Waals surface area (Å²) < 4.78 is 0. The lowest BCUT2D eigenvalue weighted by Gasteiger charge is -2.34. The number of hydrogen-bond acceptors (Lipinski definition) is 1. The van der Waals surface area contributed by atoms with Crippen molar-refractivity contribution in [2.75, 3.05) is 0 Å². The van der Waals surface area contributed by atoms with Crippen LogP contribution in [0, 0.1) is 11.8 Å². The number of rotatable bonds is 5. The number of allylic oxidation sites excluding steroid dienone is 4. The van der Waals surface area contributed by atoms with Gasteiger partial charge in [-0.2, -0.15) is 0 Å². The predicted octanol–water partition coefficient (Wildman–Crippen LogP) is 5.13. The summed E-state index contributed by atoms with van der Waals surface area (Å²) in [6, 6.07) is 0.596. The average molecular weight is 247 g/mol. The fourth-order valence-corrected chi connectivity index (χ4v) is 2.80. The third-order valence-electron chi connectivity index (χ3n) is 4.17. The van der Waals surface area contributed by atoms with Crippen molar-refractivity contribution < 1.29 is 0 Å². The zero-order chi connectivity index (χ0) is 13.9. The standard InChI is InChI=1S/C17H29N/c1-8-13(4)11-14(5)16(7)18-15(6)9-10-17(18)12(2)3/h8,12,14,17H,6-7,9-11H2,1-5H3/b13-8+/t14-,17?/m0/s1. The highest BCUT2D eigenvalue weighted by Crippen LogP contribution is 2.37. The summed E-state index contributed by atoms with van der Waals surface area (Å²) in [5.74, 6) is 1.16. The molecule has 0 amide bonds. The summed E-state index contributed by atoms with van der Waals surface area (Å²) >= 11 is 0. The van der Waals surface area contributed by atoms with Crippen molar-refractivity contribution in [3.63, 3.8) is 0 Å². The van der Waals surface area contributed by atoms with Crippen molar-refractivity contribution in [1.29, 1.82) is 0 Å². The van der Waals surface area contributed by atoms with Crippen molar-refractivity contribution >= 4 is 0 Å². The molecule has 1 saturated heterocycles. The first kappa shape index (κ1) is 15.1. The molecule has 1 unspecified atom stereocenters. The fraction of sp³-hybridized carbons (Fsp3) is 0.647. The molecular formula is C17H29N. The Kier molecular flexibility index (Phi) is 5.25. The number of hydrogen-bond donors (Lipinski definition) is 0. The quantitative estimate of drug-likeness (QED) is 0.609. The van der Waals surface area contributed by atoms with Crippen molar-refractivity contribution in [2.45, 2.75) is 59.9 Å². The van der Waals surface area contributed by atoms with E-state index >= 15 is 0 Å². The van der Waals surface area contributed by atoms with Gasteiger partial charge in [0.1, 0.15) is 0 Å². The van der Waals surface area contributed by atoms with Gasteiger partial charge in [-0.15, -0.1) is 0 Å². The summed E-state index contributed by atoms with van der Waals surface area (Å²) in [4.78, 5) is 2.41. The largest absolute Gasteiger partial charge is 0.346 e. The molecule has 18 heavy (non-hydrogen) atoms. The molecule has 0 spiro atoms. The van der Waals surface area contributed by atoms with Crippen molar-refractivity contribution in [3.8, 4) is 0 Å². The minimum absolute atomic E-state index is 0.497. The molecule has 1 heterocycles. The van der Waals surface area contributed by atoms with Crippen molar-refractivity contribution in [1.82, 2.24) is 4.90 Å². The SMILES string of the molecule is C=C1CCC(C(C)C)N1C(=C)[C@@H](C)C/C(C)=C/C. The normalized spacial score (nSPS) is 22.8. The van der Waals surface area contributed by atoms with E-state index in [0.717, 1.165) is 12.8 Å². The molecule has 0 aromatic carbocycles. The molecule has 0 aromatic heterocycles. The molecule has 102 valence electrons. The molecule has 0 radical (unpaired) electrons. The van der Waals surface area contributed by atoms with Crippen LogP contribution in [0.2, 0.25) is 0 Å². The smallest absolute Gasteiger partial charge is 0.0362 e. The molecule has 0 bridgehead atoms. The minimum Gasteiger partial charge on any atom is -0.346 e. The van der Waals surface area contributed by atoms with Crippen LogP contribution >= 0.6 is 0 Å². The topological polar surface area (TPSA) is 3.24 Å². The Morgan fingerprint density at radius 2 is 2.06 bits per heavy atom. The van der Waals surface area contributed by atoms with Gasteiger partial charge in [0.2, 0.25) is 0 Å². The van der Waals surface area contributed by atoms with E-state index in [4.69, 9.17) is 0 Å². The van der Waals surface area contributed by atoms with Crippen LogP contribution in [-0.4, -0.2) is 10.9 Å². The zero-order valence-corrected chi connectivity index (χ0v) is 12.8. The van der Waals surface area contributed by atoms with Crippen LogP contribution in [0.15, 0.2) is 36.2 Å². The third-order valence-corrected chi connectivity index (χ3v) is 4.17. The van der Waals surface area contributed by atoms with Gasteiger partial charge in [-0.1, -0.05) is 45.6 Å². The second kappa shape index (κ2) is 6.26. The van der Waals surface area contributed by atoms with E-state index in [1.807, 2.05) is 0 Å². The van der Waals surface area contributed by atoms with E-state index in [0.29, 0.717) is 17.9 Å². The summed E-state index contributed by atoms with van der Waals surface area (Å²) in [5.41, 5.74) is 3.94. The molecular weight excluding hydrogens is 218 g/mol. The predicted molar refractivity (Wildman–Crippen MR) is 81.2 cm³/mol. The average Bonchev–Trinajstić information content (AvgIpc) is 2.69. The molecule has 1 aliphatic heterocycles. The zero-order valence-electron chi connectivity index (χ0n) is 12.8. The van der Waals surface area contributed by atoms with E-state index in [1.165, 1.54) is 23.4 Å². The lowest BCUT2D eigenvalue weighted by Crippen LogP contribution is -2.33. The monoisotopic (exact) mass is 247 g/mol. The Labute approximate surface area is 113 Å². The summed E-state index contributed by atoms with van der Waals surface area (Å²) in [6.07, 6.45) is 5.65. The van der Waals surface area contributed by atoms with Gasteiger partial charge < -0.3 is 4.90 Å². The van der Waals surface area contributed by atoms with Crippen LogP contribution in [0.1, 0.15) is 53.9 Å². The highest BCUT2D eigenvalue weighted by molar-refractivity contribution is 5.18. The molecule has 1 heteroatoms. The second-order valence-corrected chi connectivity index (χ2v) is 6.02. The second-order valence-electron chi connectivity index (χ2n) is 6.02. The molecule has 1 fully saturated rings. The first-order valence-corrected chi connectivity index (χ1v) is 7.16. The maximum Gasteiger partial charge on any atom is 0.0362 e. The van der Waals surface area contributed by atoms with Gasteiger partial charge >= 0.3 is 0 Å². The molecule has 1 aliphatic rings. The van der Waals surface area contributed by atoms with E-state index in [2.05, 4.69) is 58.8 Å². The van der Waals surface area contributed by atoms with E-state index in [1.54, 1.807) is 0 Å². The fourth-order valence-electron chi connectivity index (χ4n) is 2.80. The van der Waals surface area contributed by atoms with Crippen molar-refractivity contribution in [2.24, 2.45) is 11.8 Å². The molecule has 0 saturated carbocycles. The van der Waals surface area contributed by atoms with Gasteiger partial charge in [-0.05, 0) is 44.9 Å². The highest BCUT2D eigenvalue weighted by atomic mass is 15.2. The highest BCUT2D eigenvalue weighted by Gasteiger charge is 2.32. The van der Waals surface area contributed by atoms with Gasteiger partial charge in [0.15, 0.2) is 0 Å². The lowest BCUT2D eigenvalue weighted by atomic mass is 9.96. The van der Waals surface area contributed by atoms with Crippen LogP contribution in [0.3, 0.4) is 0 Å². The Morgan fingerprint density at radius 1 is 1.44 bits per heavy atom. The Balaban J connectivity index is 2.78. The lowest BCUT2D eigenvalue weighted by molar-refractivity contribution is 0.264. The van der Waals surface area contributed by atoms with Crippen LogP contribution in [0.4, 0.5) is 0 Å². The summed E-state index contributed by atoms with van der Waals surface area (Å²) in [5, 5.41) is 0. The Hall–Kier alpha value is -0.980. The summed E-state index contributed by atoms with van der Waals surface area (Å²) in [6.45, 7) is 19.7. The molecule has 0 aromatic rings. The molecule has 1 nitrogen and oxygen atoms in total.